The van der Waals surface area contributed by atoms with Gasteiger partial charge in [0.2, 0.25) is 11.8 Å². The number of aromatic nitrogens is 6. The zero-order valence-electron chi connectivity index (χ0n) is 47.4. The number of nitrogens with zero attached hydrogens (tertiary/aromatic N) is 12. The summed E-state index contributed by atoms with van der Waals surface area (Å²) in [5.74, 6) is 0.0251. The quantitative estimate of drug-likeness (QED) is 0.109. The van der Waals surface area contributed by atoms with E-state index < -0.39 is 11.6 Å². The van der Waals surface area contributed by atoms with Gasteiger partial charge in [0.25, 0.3) is 0 Å². The Bertz CT molecular complexity index is 3650. The summed E-state index contributed by atoms with van der Waals surface area (Å²) in [6.07, 6.45) is 6.85. The number of amides is 2. The van der Waals surface area contributed by atoms with Crippen LogP contribution in [-0.2, 0) is 9.59 Å². The Morgan fingerprint density at radius 1 is 0.595 bits per heavy atom. The first-order valence-electron chi connectivity index (χ1n) is 28.2. The minimum absolute atomic E-state index is 0.0827. The third kappa shape index (κ3) is 11.4. The van der Waals surface area contributed by atoms with Crippen molar-refractivity contribution in [1.29, 1.82) is 0 Å². The SMILES string of the molecule is C=CC(=O)N1CCN(c2nc(OC[C@@H]3CCCN3C)nc3c(F)c(-c4nc(N)cc5ccccc45)c(Cl)cc23)[C@@H](C)C1.C=CC(=O)N1CCN(c2nc(OC[C@@H]3CCCN3C)nc3c(F)c(-c4nc(N)cc5ccccc45)c(Cl)cc23)[C@@H](C)C1. The van der Waals surface area contributed by atoms with Crippen LogP contribution < -0.4 is 30.7 Å². The molecule has 4 fully saturated rings. The van der Waals surface area contributed by atoms with Crippen LogP contribution in [0.3, 0.4) is 0 Å². The molecule has 18 nitrogen and oxygen atoms in total. The number of nitrogen functional groups attached to an aromatic ring is 2. The number of carbonyl (C=O) groups is 2. The van der Waals surface area contributed by atoms with Crippen LogP contribution >= 0.6 is 23.2 Å². The first-order valence-corrected chi connectivity index (χ1v) is 29.0. The highest BCUT2D eigenvalue weighted by atomic mass is 35.5. The molecular formula is C62H66Cl2F2N14O4. The first-order chi connectivity index (χ1) is 40.5. The lowest BCUT2D eigenvalue weighted by Gasteiger charge is -2.40. The molecule has 22 heteroatoms. The lowest BCUT2D eigenvalue weighted by Crippen LogP contribution is -2.53. The zero-order valence-corrected chi connectivity index (χ0v) is 48.9. The zero-order chi connectivity index (χ0) is 59.1. The molecule has 4 aliphatic heterocycles. The van der Waals surface area contributed by atoms with Crippen LogP contribution in [0.5, 0.6) is 12.0 Å². The molecule has 436 valence electrons. The van der Waals surface area contributed by atoms with Gasteiger partial charge < -0.3 is 50.3 Å². The van der Waals surface area contributed by atoms with E-state index >= 15 is 8.78 Å². The van der Waals surface area contributed by atoms with E-state index in [-0.39, 0.29) is 91.8 Å². The van der Waals surface area contributed by atoms with Crippen LogP contribution in [0, 0.1) is 11.6 Å². The maximum Gasteiger partial charge on any atom is 0.319 e. The number of ether oxygens (including phenoxy) is 2. The Hall–Kier alpha value is -8.04. The second kappa shape index (κ2) is 24.3. The van der Waals surface area contributed by atoms with Crippen molar-refractivity contribution in [3.8, 4) is 34.5 Å². The molecular weight excluding hydrogens is 1110 g/mol. The van der Waals surface area contributed by atoms with Crippen molar-refractivity contribution in [3.05, 3.63) is 120 Å². The highest BCUT2D eigenvalue weighted by Crippen LogP contribution is 2.44. The van der Waals surface area contributed by atoms with Crippen molar-refractivity contribution in [1.82, 2.24) is 49.5 Å². The van der Waals surface area contributed by atoms with Gasteiger partial charge in [0.1, 0.15) is 47.5 Å². The number of anilines is 4. The summed E-state index contributed by atoms with van der Waals surface area (Å²) in [5, 5.41) is 4.33. The van der Waals surface area contributed by atoms with Crippen LogP contribution in [-0.4, -0.2) is 165 Å². The molecule has 0 saturated carbocycles. The van der Waals surface area contributed by atoms with Gasteiger partial charge >= 0.3 is 12.0 Å². The van der Waals surface area contributed by atoms with E-state index in [1.54, 1.807) is 34.1 Å². The number of likely N-dealkylation sites (tertiary alicyclic amines) is 2. The number of benzene rings is 4. The smallest absolute Gasteiger partial charge is 0.319 e. The molecule has 8 heterocycles. The molecule has 8 aromatic rings. The Morgan fingerprint density at radius 2 is 1.00 bits per heavy atom. The Kier molecular flexibility index (Phi) is 16.7. The predicted octanol–water partition coefficient (Wildman–Crippen LogP) is 9.83. The summed E-state index contributed by atoms with van der Waals surface area (Å²) in [4.78, 5) is 64.4. The number of piperazine rings is 2. The second-order valence-electron chi connectivity index (χ2n) is 22.0. The fourth-order valence-electron chi connectivity index (χ4n) is 12.1. The van der Waals surface area contributed by atoms with Crippen molar-refractivity contribution < 1.29 is 27.8 Å². The summed E-state index contributed by atoms with van der Waals surface area (Å²) < 4.78 is 45.7. The molecule has 2 amide bonds. The summed E-state index contributed by atoms with van der Waals surface area (Å²) in [7, 11) is 4.13. The van der Waals surface area contributed by atoms with Gasteiger partial charge in [-0.1, -0.05) is 84.9 Å². The van der Waals surface area contributed by atoms with E-state index in [2.05, 4.69) is 66.8 Å². The van der Waals surface area contributed by atoms with E-state index in [0.717, 1.165) is 60.3 Å². The van der Waals surface area contributed by atoms with Gasteiger partial charge in [-0.2, -0.15) is 19.9 Å². The number of rotatable bonds is 12. The lowest BCUT2D eigenvalue weighted by molar-refractivity contribution is -0.127. The molecule has 4 aromatic carbocycles. The molecule has 4 aliphatic rings. The predicted molar refractivity (Wildman–Crippen MR) is 329 cm³/mol. The highest BCUT2D eigenvalue weighted by Gasteiger charge is 2.34. The van der Waals surface area contributed by atoms with Gasteiger partial charge in [-0.25, -0.2) is 18.7 Å². The van der Waals surface area contributed by atoms with Gasteiger partial charge in [0.15, 0.2) is 11.6 Å². The van der Waals surface area contributed by atoms with E-state index in [9.17, 15) is 9.59 Å². The average Bonchev–Trinajstić information content (AvgIpc) is 1.65. The van der Waals surface area contributed by atoms with Crippen LogP contribution in [0.2, 0.25) is 10.0 Å². The maximum atomic E-state index is 16.7. The van der Waals surface area contributed by atoms with Crippen molar-refractivity contribution in [2.75, 3.05) is 101 Å². The number of hydrogen-bond donors (Lipinski definition) is 2. The Labute approximate surface area is 495 Å². The Morgan fingerprint density at radius 3 is 1.37 bits per heavy atom. The fraction of sp³-hybridized carbons (Fsp3) is 0.355. The maximum absolute atomic E-state index is 16.7. The first kappa shape index (κ1) is 57.8. The van der Waals surface area contributed by atoms with Crippen LogP contribution in [0.15, 0.2) is 98.1 Å². The number of nitrogens with two attached hydrogens (primary N) is 2. The van der Waals surface area contributed by atoms with E-state index in [1.807, 2.05) is 62.4 Å². The van der Waals surface area contributed by atoms with Crippen molar-refractivity contribution in [2.45, 2.75) is 63.7 Å². The number of likely N-dealkylation sites (N-methyl/N-ethyl adjacent to an activating group) is 2. The summed E-state index contributed by atoms with van der Waals surface area (Å²) in [6.45, 7) is 16.8. The molecule has 84 heavy (non-hydrogen) atoms. The summed E-state index contributed by atoms with van der Waals surface area (Å²) >= 11 is 13.7. The van der Waals surface area contributed by atoms with Crippen LogP contribution in [0.4, 0.5) is 32.1 Å². The lowest BCUT2D eigenvalue weighted by atomic mass is 10.0. The van der Waals surface area contributed by atoms with Crippen molar-refractivity contribution >= 4 is 102 Å². The molecule has 0 bridgehead atoms. The summed E-state index contributed by atoms with van der Waals surface area (Å²) in [5.41, 5.74) is 13.3. The van der Waals surface area contributed by atoms with Crippen LogP contribution in [0.1, 0.15) is 39.5 Å². The van der Waals surface area contributed by atoms with Gasteiger partial charge in [-0.15, -0.1) is 0 Å². The average molecular weight is 1180 g/mol. The number of hydrogen-bond acceptors (Lipinski definition) is 16. The minimum atomic E-state index is -0.625. The minimum Gasteiger partial charge on any atom is -0.462 e. The molecule has 12 rings (SSSR count). The molecule has 0 radical (unpaired) electrons. The van der Waals surface area contributed by atoms with E-state index in [4.69, 9.17) is 54.1 Å². The molecule has 4 saturated heterocycles. The fourth-order valence-corrected chi connectivity index (χ4v) is 12.6. The van der Waals surface area contributed by atoms with Gasteiger partial charge in [-0.05, 0) is 114 Å². The number of pyridine rings is 2. The van der Waals surface area contributed by atoms with E-state index in [0.29, 0.717) is 86.3 Å². The summed E-state index contributed by atoms with van der Waals surface area (Å²) in [6, 6.07) is 22.3. The third-order valence-electron chi connectivity index (χ3n) is 16.6. The third-order valence-corrected chi connectivity index (χ3v) is 17.2. The Balaban J connectivity index is 0.000000175. The van der Waals surface area contributed by atoms with Gasteiger partial charge in [-0.3, -0.25) is 9.59 Å². The molecule has 4 atom stereocenters. The second-order valence-corrected chi connectivity index (χ2v) is 22.8. The normalized spacial score (nSPS) is 19.5. The van der Waals surface area contributed by atoms with Crippen molar-refractivity contribution in [3.63, 3.8) is 0 Å². The number of carbonyl (C=O) groups excluding carboxylic acids is 2. The van der Waals surface area contributed by atoms with Crippen molar-refractivity contribution in [2.24, 2.45) is 0 Å². The molecule has 0 aliphatic carbocycles. The number of fused-ring (bicyclic) bond motifs is 4. The van der Waals surface area contributed by atoms with E-state index in [1.165, 1.54) is 12.2 Å². The monoisotopic (exact) mass is 1180 g/mol. The highest BCUT2D eigenvalue weighted by molar-refractivity contribution is 6.35. The molecule has 0 unspecified atom stereocenters. The molecule has 4 N–H and O–H groups in total. The number of halogens is 4. The van der Waals surface area contributed by atoms with Gasteiger partial charge in [0.05, 0.1) is 32.6 Å². The standard InChI is InChI=1S/2C31H33ClFN7O2/c2*1-4-25(41)39-12-13-40(18(2)16-39)30-22-15-23(32)26(28-21-10-6-5-8-19(21)14-24(34)35-28)27(33)29(22)36-31(37-30)42-17-20-9-7-11-38(20)3/h2*4-6,8,10,14-15,18,20H,1,7,9,11-13,16-17H2,2-3H3,(H2,34,35)/t2*18-,20-/m00/s1. The molecule has 4 aromatic heterocycles. The topological polar surface area (TPSA) is 201 Å². The largest absolute Gasteiger partial charge is 0.462 e. The van der Waals surface area contributed by atoms with Crippen LogP contribution in [0.25, 0.3) is 65.9 Å². The molecule has 0 spiro atoms. The van der Waals surface area contributed by atoms with Gasteiger partial charge in [0, 0.05) is 85.0 Å².